The molecule has 3 heteroatoms. The molecule has 1 rings (SSSR count). The Balaban J connectivity index is 0. The lowest BCUT2D eigenvalue weighted by atomic mass is 10.2. The van der Waals surface area contributed by atoms with Gasteiger partial charge in [0.25, 0.3) is 0 Å². The maximum absolute atomic E-state index is 10.0. The van der Waals surface area contributed by atoms with E-state index in [1.165, 1.54) is 12.8 Å². The van der Waals surface area contributed by atoms with E-state index in [4.69, 9.17) is 0 Å². The molecule has 0 aliphatic heterocycles. The van der Waals surface area contributed by atoms with Crippen molar-refractivity contribution < 1.29 is 14.4 Å². The largest absolute Gasteiger partial charge is 0.303 e. The third kappa shape index (κ3) is 18.6. The summed E-state index contributed by atoms with van der Waals surface area (Å²) in [6.45, 7) is 4.11. The van der Waals surface area contributed by atoms with Crippen LogP contribution in [0.25, 0.3) is 0 Å². The third-order valence-corrected chi connectivity index (χ3v) is 2.27. The Morgan fingerprint density at radius 1 is 0.800 bits per heavy atom. The van der Waals surface area contributed by atoms with E-state index in [0.29, 0.717) is 6.42 Å². The number of rotatable bonds is 7. The lowest BCUT2D eigenvalue weighted by molar-refractivity contribution is -0.108. The normalized spacial score (nSPS) is 8.30. The molecule has 0 saturated carbocycles. The van der Waals surface area contributed by atoms with Crippen LogP contribution < -0.4 is 0 Å². The van der Waals surface area contributed by atoms with Gasteiger partial charge < -0.3 is 9.59 Å². The molecule has 112 valence electrons. The van der Waals surface area contributed by atoms with Crippen molar-refractivity contribution in [3.63, 3.8) is 0 Å². The van der Waals surface area contributed by atoms with Crippen molar-refractivity contribution >= 4 is 18.9 Å². The van der Waals surface area contributed by atoms with Gasteiger partial charge in [0, 0.05) is 18.4 Å². The number of carbonyl (C=O) groups is 3. The summed E-state index contributed by atoms with van der Waals surface area (Å²) in [5.41, 5.74) is 0.729. The maximum atomic E-state index is 10.0. The fourth-order valence-corrected chi connectivity index (χ4v) is 1.13. The average Bonchev–Trinajstić information content (AvgIpc) is 2.51. The van der Waals surface area contributed by atoms with Crippen LogP contribution in [0.3, 0.4) is 0 Å². The van der Waals surface area contributed by atoms with Crippen molar-refractivity contribution in [1.29, 1.82) is 0 Å². The van der Waals surface area contributed by atoms with Gasteiger partial charge in [-0.3, -0.25) is 4.79 Å². The summed E-state index contributed by atoms with van der Waals surface area (Å²) in [4.78, 5) is 29.1. The number of carbonyl (C=O) groups excluding carboxylic acids is 3. The van der Waals surface area contributed by atoms with Gasteiger partial charge >= 0.3 is 0 Å². The Labute approximate surface area is 122 Å². The molecule has 0 bridgehead atoms. The van der Waals surface area contributed by atoms with Crippen molar-refractivity contribution in [3.05, 3.63) is 35.9 Å². The minimum atomic E-state index is 0.708. The Hall–Kier alpha value is -1.77. The van der Waals surface area contributed by atoms with Gasteiger partial charge in [0.1, 0.15) is 18.9 Å². The van der Waals surface area contributed by atoms with Crippen LogP contribution in [0.2, 0.25) is 0 Å². The molecule has 0 heterocycles. The first kappa shape index (κ1) is 20.5. The molecule has 0 saturated heterocycles. The Bertz CT molecular complexity index is 320. The number of unbranched alkanes of at least 4 members (excludes halogenated alkanes) is 4. The van der Waals surface area contributed by atoms with Crippen molar-refractivity contribution in [2.24, 2.45) is 0 Å². The smallest absolute Gasteiger partial charge is 0.150 e. The van der Waals surface area contributed by atoms with E-state index in [1.54, 1.807) is 12.1 Å². The predicted molar refractivity (Wildman–Crippen MR) is 83.0 cm³/mol. The molecule has 0 radical (unpaired) electrons. The van der Waals surface area contributed by atoms with Crippen molar-refractivity contribution in [2.75, 3.05) is 0 Å². The number of hydrogen-bond acceptors (Lipinski definition) is 3. The zero-order valence-electron chi connectivity index (χ0n) is 12.6. The molecule has 0 spiro atoms. The predicted octanol–water partition coefficient (Wildman–Crippen LogP) is 4.25. The quantitative estimate of drug-likeness (QED) is 0.553. The molecular weight excluding hydrogens is 252 g/mol. The molecule has 0 N–H and O–H groups in total. The summed E-state index contributed by atoms with van der Waals surface area (Å²) in [5, 5.41) is 0. The van der Waals surface area contributed by atoms with Crippen LogP contribution in [-0.4, -0.2) is 18.9 Å². The minimum Gasteiger partial charge on any atom is -0.303 e. The first-order valence-corrected chi connectivity index (χ1v) is 7.14. The van der Waals surface area contributed by atoms with Gasteiger partial charge in [-0.2, -0.15) is 0 Å². The average molecular weight is 278 g/mol. The van der Waals surface area contributed by atoms with Gasteiger partial charge in [0.15, 0.2) is 0 Å². The summed E-state index contributed by atoms with van der Waals surface area (Å²) in [6, 6.07) is 9.10. The SMILES string of the molecule is CCCC=O.CCCCCC=O.O=Cc1ccccc1. The monoisotopic (exact) mass is 278 g/mol. The molecule has 0 aromatic heterocycles. The molecule has 0 aliphatic carbocycles. The molecule has 0 fully saturated rings. The fourth-order valence-electron chi connectivity index (χ4n) is 1.13. The van der Waals surface area contributed by atoms with Crippen LogP contribution in [0.5, 0.6) is 0 Å². The third-order valence-electron chi connectivity index (χ3n) is 2.27. The van der Waals surface area contributed by atoms with Crippen LogP contribution in [-0.2, 0) is 9.59 Å². The first-order chi connectivity index (χ1) is 9.76. The molecule has 20 heavy (non-hydrogen) atoms. The lowest BCUT2D eigenvalue weighted by Crippen LogP contribution is -1.73. The first-order valence-electron chi connectivity index (χ1n) is 7.14. The Morgan fingerprint density at radius 3 is 1.70 bits per heavy atom. The molecular formula is C17H26O3. The van der Waals surface area contributed by atoms with E-state index in [9.17, 15) is 14.4 Å². The van der Waals surface area contributed by atoms with Crippen LogP contribution in [0.15, 0.2) is 30.3 Å². The molecule has 0 unspecified atom stereocenters. The highest BCUT2D eigenvalue weighted by Gasteiger charge is 1.80. The van der Waals surface area contributed by atoms with Gasteiger partial charge in [0.2, 0.25) is 0 Å². The van der Waals surface area contributed by atoms with Gasteiger partial charge in [0.05, 0.1) is 0 Å². The van der Waals surface area contributed by atoms with Gasteiger partial charge in [-0.1, -0.05) is 57.0 Å². The summed E-state index contributed by atoms with van der Waals surface area (Å²) in [5.74, 6) is 0. The zero-order chi connectivity index (χ0) is 15.5. The molecule has 0 amide bonds. The highest BCUT2D eigenvalue weighted by molar-refractivity contribution is 5.74. The number of hydrogen-bond donors (Lipinski definition) is 0. The molecule has 1 aromatic rings. The van der Waals surface area contributed by atoms with E-state index < -0.39 is 0 Å². The molecule has 0 atom stereocenters. The summed E-state index contributed by atoms with van der Waals surface area (Å²) >= 11 is 0. The second-order valence-electron chi connectivity index (χ2n) is 4.15. The summed E-state index contributed by atoms with van der Waals surface area (Å²) < 4.78 is 0. The minimum absolute atomic E-state index is 0.708. The topological polar surface area (TPSA) is 51.2 Å². The van der Waals surface area contributed by atoms with E-state index in [1.807, 2.05) is 25.1 Å². The van der Waals surface area contributed by atoms with Gasteiger partial charge in [-0.15, -0.1) is 0 Å². The summed E-state index contributed by atoms with van der Waals surface area (Å²) in [7, 11) is 0. The van der Waals surface area contributed by atoms with Crippen molar-refractivity contribution in [1.82, 2.24) is 0 Å². The van der Waals surface area contributed by atoms with E-state index >= 15 is 0 Å². The standard InChI is InChI=1S/C7H6O.C6H12O.C4H8O/c8-6-7-4-2-1-3-5-7;1-2-3-4-5-6-7;1-2-3-4-5/h1-6H;6H,2-5H2,1H3;4H,2-3H2,1H3. The van der Waals surface area contributed by atoms with Crippen molar-refractivity contribution in [2.45, 2.75) is 52.4 Å². The molecule has 1 aromatic carbocycles. The fraction of sp³-hybridized carbons (Fsp3) is 0.471. The second kappa shape index (κ2) is 19.6. The molecule has 3 nitrogen and oxygen atoms in total. The van der Waals surface area contributed by atoms with Crippen LogP contribution in [0.4, 0.5) is 0 Å². The van der Waals surface area contributed by atoms with Crippen LogP contribution >= 0.6 is 0 Å². The molecule has 0 aliphatic rings. The lowest BCUT2D eigenvalue weighted by Gasteiger charge is -1.85. The summed E-state index contributed by atoms with van der Waals surface area (Å²) in [6.07, 6.45) is 8.64. The van der Waals surface area contributed by atoms with Gasteiger partial charge in [-0.25, -0.2) is 0 Å². The van der Waals surface area contributed by atoms with Crippen LogP contribution in [0, 0.1) is 0 Å². The van der Waals surface area contributed by atoms with E-state index in [2.05, 4.69) is 6.92 Å². The van der Waals surface area contributed by atoms with E-state index in [0.717, 1.165) is 43.7 Å². The number of benzene rings is 1. The Morgan fingerprint density at radius 2 is 1.40 bits per heavy atom. The van der Waals surface area contributed by atoms with Crippen molar-refractivity contribution in [3.8, 4) is 0 Å². The number of aldehydes is 3. The second-order valence-corrected chi connectivity index (χ2v) is 4.15. The van der Waals surface area contributed by atoms with E-state index in [-0.39, 0.29) is 0 Å². The maximum Gasteiger partial charge on any atom is 0.150 e. The highest BCUT2D eigenvalue weighted by atomic mass is 16.1. The highest BCUT2D eigenvalue weighted by Crippen LogP contribution is 1.94. The van der Waals surface area contributed by atoms with Crippen LogP contribution in [0.1, 0.15) is 62.7 Å². The zero-order valence-corrected chi connectivity index (χ0v) is 12.6. The Kier molecular flexibility index (Phi) is 20.1. The van der Waals surface area contributed by atoms with Gasteiger partial charge in [-0.05, 0) is 12.8 Å².